The van der Waals surface area contributed by atoms with Gasteiger partial charge in [0.1, 0.15) is 0 Å². The molecule has 0 unspecified atom stereocenters. The first-order chi connectivity index (χ1) is 9.35. The molecule has 0 atom stereocenters. The summed E-state index contributed by atoms with van der Waals surface area (Å²) in [5.41, 5.74) is 0. The molecule has 1 fully saturated rings. The second-order valence-corrected chi connectivity index (χ2v) is 6.87. The third-order valence-electron chi connectivity index (χ3n) is 2.94. The smallest absolute Gasteiger partial charge is 0.230 e. The number of hydrogen-bond acceptors (Lipinski definition) is 7. The molecule has 20 heavy (non-hydrogen) atoms. The maximum absolute atomic E-state index is 11.2. The van der Waals surface area contributed by atoms with Gasteiger partial charge in [-0.05, 0) is 12.8 Å². The highest BCUT2D eigenvalue weighted by molar-refractivity contribution is 7.88. The van der Waals surface area contributed by atoms with Crippen LogP contribution in [0.5, 0.6) is 0 Å². The Morgan fingerprint density at radius 3 is 2.40 bits per heavy atom. The van der Waals surface area contributed by atoms with Crippen molar-refractivity contribution in [3.8, 4) is 0 Å². The van der Waals surface area contributed by atoms with E-state index in [1.165, 1.54) is 0 Å². The molecule has 1 aliphatic rings. The molecule has 1 aliphatic heterocycles. The quantitative estimate of drug-likeness (QED) is 0.790. The van der Waals surface area contributed by atoms with E-state index < -0.39 is 10.0 Å². The molecule has 0 aromatic carbocycles. The lowest BCUT2D eigenvalue weighted by atomic mass is 10.4. The summed E-state index contributed by atoms with van der Waals surface area (Å²) < 4.78 is 24.7. The number of rotatable bonds is 5. The van der Waals surface area contributed by atoms with Crippen LogP contribution in [0.15, 0.2) is 0 Å². The number of nitrogens with zero attached hydrogens (tertiary/aromatic N) is 5. The number of sulfonamides is 1. The van der Waals surface area contributed by atoms with Crippen LogP contribution in [0.3, 0.4) is 0 Å². The summed E-state index contributed by atoms with van der Waals surface area (Å²) in [4.78, 5) is 16.9. The number of aromatic nitrogens is 3. The standard InChI is InChI=1S/C11H20N6O2S/c1-16(2)10-13-9(8-12-20(3,18)19)14-11(15-10)17-6-4-5-7-17/h12H,4-8H2,1-3H3. The monoisotopic (exact) mass is 300 g/mol. The van der Waals surface area contributed by atoms with Crippen LogP contribution in [-0.4, -0.2) is 56.8 Å². The fraction of sp³-hybridized carbons (Fsp3) is 0.727. The molecule has 0 bridgehead atoms. The second kappa shape index (κ2) is 5.88. The van der Waals surface area contributed by atoms with Crippen LogP contribution in [0.1, 0.15) is 18.7 Å². The van der Waals surface area contributed by atoms with E-state index in [2.05, 4.69) is 24.6 Å². The molecule has 1 aromatic rings. The Kier molecular flexibility index (Phi) is 4.39. The molecule has 2 heterocycles. The highest BCUT2D eigenvalue weighted by atomic mass is 32.2. The van der Waals surface area contributed by atoms with Gasteiger partial charge in [0.25, 0.3) is 0 Å². The zero-order valence-corrected chi connectivity index (χ0v) is 12.8. The van der Waals surface area contributed by atoms with Crippen LogP contribution in [0, 0.1) is 0 Å². The van der Waals surface area contributed by atoms with Crippen molar-refractivity contribution in [3.05, 3.63) is 5.82 Å². The van der Waals surface area contributed by atoms with Crippen molar-refractivity contribution >= 4 is 21.9 Å². The van der Waals surface area contributed by atoms with Gasteiger partial charge < -0.3 is 9.80 Å². The molecule has 1 saturated heterocycles. The minimum atomic E-state index is -3.26. The Balaban J connectivity index is 2.25. The lowest BCUT2D eigenvalue weighted by Crippen LogP contribution is -2.27. The number of hydrogen-bond donors (Lipinski definition) is 1. The lowest BCUT2D eigenvalue weighted by molar-refractivity contribution is 0.585. The summed E-state index contributed by atoms with van der Waals surface area (Å²) in [5, 5.41) is 0. The van der Waals surface area contributed by atoms with E-state index in [-0.39, 0.29) is 6.54 Å². The molecule has 0 saturated carbocycles. The average molecular weight is 300 g/mol. The van der Waals surface area contributed by atoms with E-state index in [4.69, 9.17) is 0 Å². The molecule has 9 heteroatoms. The van der Waals surface area contributed by atoms with Crippen molar-refractivity contribution in [2.24, 2.45) is 0 Å². The maximum Gasteiger partial charge on any atom is 0.230 e. The van der Waals surface area contributed by atoms with E-state index in [0.717, 1.165) is 32.2 Å². The Hall–Kier alpha value is -1.48. The summed E-state index contributed by atoms with van der Waals surface area (Å²) >= 11 is 0. The SMILES string of the molecule is CN(C)c1nc(CNS(C)(=O)=O)nc(N2CCCC2)n1. The van der Waals surface area contributed by atoms with Gasteiger partial charge in [-0.1, -0.05) is 0 Å². The first-order valence-electron chi connectivity index (χ1n) is 6.47. The zero-order chi connectivity index (χ0) is 14.8. The second-order valence-electron chi connectivity index (χ2n) is 5.03. The van der Waals surface area contributed by atoms with Crippen molar-refractivity contribution < 1.29 is 8.42 Å². The average Bonchev–Trinajstić information content (AvgIpc) is 2.89. The molecule has 1 N–H and O–H groups in total. The molecule has 8 nitrogen and oxygen atoms in total. The van der Waals surface area contributed by atoms with Gasteiger partial charge in [0.2, 0.25) is 21.9 Å². The summed E-state index contributed by atoms with van der Waals surface area (Å²) in [5.74, 6) is 1.58. The fourth-order valence-electron chi connectivity index (χ4n) is 1.93. The van der Waals surface area contributed by atoms with Gasteiger partial charge in [-0.25, -0.2) is 13.1 Å². The fourth-order valence-corrected chi connectivity index (χ4v) is 2.32. The largest absolute Gasteiger partial charge is 0.347 e. The van der Waals surface area contributed by atoms with Crippen molar-refractivity contribution in [3.63, 3.8) is 0 Å². The van der Waals surface area contributed by atoms with Gasteiger partial charge in [0.15, 0.2) is 5.82 Å². The third kappa shape index (κ3) is 4.01. The van der Waals surface area contributed by atoms with Crippen molar-refractivity contribution in [2.45, 2.75) is 19.4 Å². The van der Waals surface area contributed by atoms with Crippen molar-refractivity contribution in [2.75, 3.05) is 43.2 Å². The zero-order valence-electron chi connectivity index (χ0n) is 12.0. The number of nitrogens with one attached hydrogen (secondary N) is 1. The van der Waals surface area contributed by atoms with Crippen LogP contribution in [0.4, 0.5) is 11.9 Å². The van der Waals surface area contributed by atoms with E-state index in [1.54, 1.807) is 4.90 Å². The predicted octanol–water partition coefficient (Wildman–Crippen LogP) is -0.413. The van der Waals surface area contributed by atoms with Crippen LogP contribution in [0.25, 0.3) is 0 Å². The summed E-state index contributed by atoms with van der Waals surface area (Å²) in [6, 6.07) is 0. The molecular formula is C11H20N6O2S. The van der Waals surface area contributed by atoms with Gasteiger partial charge in [0.05, 0.1) is 12.8 Å². The summed E-state index contributed by atoms with van der Waals surface area (Å²) in [6.07, 6.45) is 3.36. The van der Waals surface area contributed by atoms with Crippen LogP contribution < -0.4 is 14.5 Å². The first kappa shape index (κ1) is 14.9. The van der Waals surface area contributed by atoms with E-state index in [0.29, 0.717) is 17.7 Å². The van der Waals surface area contributed by atoms with E-state index in [1.807, 2.05) is 14.1 Å². The van der Waals surface area contributed by atoms with E-state index in [9.17, 15) is 8.42 Å². The predicted molar refractivity (Wildman–Crippen MR) is 77.3 cm³/mol. The molecule has 0 amide bonds. The van der Waals surface area contributed by atoms with E-state index >= 15 is 0 Å². The van der Waals surface area contributed by atoms with Crippen LogP contribution in [0.2, 0.25) is 0 Å². The lowest BCUT2D eigenvalue weighted by Gasteiger charge is -2.18. The molecule has 0 radical (unpaired) electrons. The van der Waals surface area contributed by atoms with Gasteiger partial charge in [-0.15, -0.1) is 0 Å². The topological polar surface area (TPSA) is 91.3 Å². The molecule has 2 rings (SSSR count). The first-order valence-corrected chi connectivity index (χ1v) is 8.36. The van der Waals surface area contributed by atoms with Gasteiger partial charge in [-0.2, -0.15) is 15.0 Å². The van der Waals surface area contributed by atoms with Gasteiger partial charge >= 0.3 is 0 Å². The normalized spacial score (nSPS) is 15.7. The minimum absolute atomic E-state index is 0.0725. The van der Waals surface area contributed by atoms with Crippen molar-refractivity contribution in [1.29, 1.82) is 0 Å². The molecule has 1 aromatic heterocycles. The van der Waals surface area contributed by atoms with Gasteiger partial charge in [0, 0.05) is 27.2 Å². The third-order valence-corrected chi connectivity index (χ3v) is 3.61. The summed E-state index contributed by atoms with van der Waals surface area (Å²) in [7, 11) is 0.423. The van der Waals surface area contributed by atoms with Crippen LogP contribution >= 0.6 is 0 Å². The van der Waals surface area contributed by atoms with Gasteiger partial charge in [-0.3, -0.25) is 0 Å². The highest BCUT2D eigenvalue weighted by Crippen LogP contribution is 2.17. The summed E-state index contributed by atoms with van der Waals surface area (Å²) in [6.45, 7) is 1.93. The Labute approximate surface area is 119 Å². The molecule has 0 aliphatic carbocycles. The molecule has 112 valence electrons. The minimum Gasteiger partial charge on any atom is -0.347 e. The Bertz CT molecular complexity index is 568. The van der Waals surface area contributed by atoms with Crippen molar-refractivity contribution in [1.82, 2.24) is 19.7 Å². The number of anilines is 2. The molecule has 0 spiro atoms. The Morgan fingerprint density at radius 2 is 1.85 bits per heavy atom. The maximum atomic E-state index is 11.2. The van der Waals surface area contributed by atoms with Crippen LogP contribution in [-0.2, 0) is 16.6 Å². The highest BCUT2D eigenvalue weighted by Gasteiger charge is 2.18. The molecular weight excluding hydrogens is 280 g/mol. The Morgan fingerprint density at radius 1 is 1.20 bits per heavy atom.